The van der Waals surface area contributed by atoms with Crippen LogP contribution in [0.3, 0.4) is 0 Å². The maximum atomic E-state index is 13.2. The number of furan rings is 1. The molecule has 0 bridgehead atoms. The van der Waals surface area contributed by atoms with Gasteiger partial charge in [-0.25, -0.2) is 0 Å². The van der Waals surface area contributed by atoms with Crippen LogP contribution < -0.4 is 9.64 Å². The molecule has 34 heavy (non-hydrogen) atoms. The smallest absolute Gasteiger partial charge is 0.289 e. The Morgan fingerprint density at radius 1 is 1.06 bits per heavy atom. The molecule has 0 saturated carbocycles. The third-order valence-corrected chi connectivity index (χ3v) is 6.77. The van der Waals surface area contributed by atoms with Gasteiger partial charge < -0.3 is 19.0 Å². The maximum absolute atomic E-state index is 13.2. The number of nitrogens with zero attached hydrogens (tertiary/aromatic N) is 2. The number of hydrogen-bond acceptors (Lipinski definition) is 4. The second-order valence-electron chi connectivity index (χ2n) is 10.3. The van der Waals surface area contributed by atoms with Crippen LogP contribution in [0.1, 0.15) is 60.7 Å². The average Bonchev–Trinajstić information content (AvgIpc) is 3.28. The Balaban J connectivity index is 1.42. The lowest BCUT2D eigenvalue weighted by Gasteiger charge is -2.41. The minimum atomic E-state index is -0.0346. The average molecular weight is 461 g/mol. The second-order valence-corrected chi connectivity index (χ2v) is 10.3. The van der Waals surface area contributed by atoms with Crippen LogP contribution in [-0.4, -0.2) is 43.6 Å². The summed E-state index contributed by atoms with van der Waals surface area (Å²) in [5, 5.41) is 0. The summed E-state index contributed by atoms with van der Waals surface area (Å²) in [6, 6.07) is 18.7. The molecule has 0 N–H and O–H groups in total. The molecule has 5 heteroatoms. The van der Waals surface area contributed by atoms with Gasteiger partial charge in [0.2, 0.25) is 0 Å². The number of anilines is 1. The van der Waals surface area contributed by atoms with Crippen molar-refractivity contribution in [1.82, 2.24) is 4.90 Å². The van der Waals surface area contributed by atoms with Gasteiger partial charge in [0.25, 0.3) is 5.91 Å². The van der Waals surface area contributed by atoms with Crippen molar-refractivity contribution in [2.24, 2.45) is 0 Å². The summed E-state index contributed by atoms with van der Waals surface area (Å²) in [4.78, 5) is 17.4. The molecule has 1 amide bonds. The molecule has 2 heterocycles. The number of carbonyl (C=O) groups excluding carboxylic acids is 1. The van der Waals surface area contributed by atoms with Gasteiger partial charge in [0.1, 0.15) is 11.5 Å². The summed E-state index contributed by atoms with van der Waals surface area (Å²) >= 11 is 0. The molecule has 4 rings (SSSR count). The van der Waals surface area contributed by atoms with Crippen LogP contribution in [-0.2, 0) is 11.8 Å². The zero-order chi connectivity index (χ0) is 24.5. The summed E-state index contributed by atoms with van der Waals surface area (Å²) in [5.74, 6) is 2.05. The monoisotopic (exact) mass is 460 g/mol. The normalized spacial score (nSPS) is 16.6. The first-order chi connectivity index (χ1) is 16.2. The fourth-order valence-electron chi connectivity index (χ4n) is 4.56. The van der Waals surface area contributed by atoms with Crippen LogP contribution in [0.15, 0.2) is 59.0 Å². The summed E-state index contributed by atoms with van der Waals surface area (Å²) < 4.78 is 11.3. The molecule has 1 atom stereocenters. The molecular formula is C29H36N2O3. The Kier molecular flexibility index (Phi) is 6.74. The van der Waals surface area contributed by atoms with Crippen molar-refractivity contribution in [3.8, 4) is 5.75 Å². The van der Waals surface area contributed by atoms with E-state index in [1.807, 2.05) is 29.2 Å². The molecule has 0 radical (unpaired) electrons. The van der Waals surface area contributed by atoms with Crippen LogP contribution in [0.5, 0.6) is 5.75 Å². The first-order valence-electron chi connectivity index (χ1n) is 12.0. The highest BCUT2D eigenvalue weighted by Crippen LogP contribution is 2.27. The van der Waals surface area contributed by atoms with Gasteiger partial charge >= 0.3 is 0 Å². The quantitative estimate of drug-likeness (QED) is 0.480. The molecule has 0 aliphatic carbocycles. The van der Waals surface area contributed by atoms with E-state index in [0.29, 0.717) is 25.3 Å². The summed E-state index contributed by atoms with van der Waals surface area (Å²) in [6.07, 6.45) is 0.685. The van der Waals surface area contributed by atoms with Gasteiger partial charge in [-0.1, -0.05) is 39.0 Å². The molecular weight excluding hydrogens is 424 g/mol. The van der Waals surface area contributed by atoms with Gasteiger partial charge in [0, 0.05) is 37.8 Å². The number of amides is 1. The summed E-state index contributed by atoms with van der Waals surface area (Å²) in [5.41, 5.74) is 5.02. The molecule has 0 spiro atoms. The van der Waals surface area contributed by atoms with Crippen molar-refractivity contribution in [1.29, 1.82) is 0 Å². The standard InChI is InChI=1S/C29H36N2O3/c1-20-7-8-23(29(3,4)5)17-22(20)18-26-13-14-27(34-26)28(32)30-15-16-31(21(2)19-30)24-9-11-25(33-6)12-10-24/h7-14,17,21H,15-16,18-19H2,1-6H3. The van der Waals surface area contributed by atoms with Crippen molar-refractivity contribution >= 4 is 11.6 Å². The predicted octanol–water partition coefficient (Wildman–Crippen LogP) is 5.84. The number of methoxy groups -OCH3 is 1. The zero-order valence-electron chi connectivity index (χ0n) is 21.2. The Bertz CT molecular complexity index is 1140. The molecule has 1 fully saturated rings. The fraction of sp³-hybridized carbons (Fsp3) is 0.414. The molecule has 1 aromatic heterocycles. The molecule has 1 aliphatic rings. The van der Waals surface area contributed by atoms with Gasteiger partial charge in [0.05, 0.1) is 7.11 Å². The number of carbonyl (C=O) groups is 1. The predicted molar refractivity (Wildman–Crippen MR) is 137 cm³/mol. The Labute approximate surface area is 203 Å². The Morgan fingerprint density at radius 2 is 1.79 bits per heavy atom. The minimum absolute atomic E-state index is 0.0346. The number of benzene rings is 2. The van der Waals surface area contributed by atoms with E-state index in [1.165, 1.54) is 16.7 Å². The highest BCUT2D eigenvalue weighted by atomic mass is 16.5. The fourth-order valence-corrected chi connectivity index (χ4v) is 4.56. The van der Waals surface area contributed by atoms with E-state index < -0.39 is 0 Å². The van der Waals surface area contributed by atoms with Crippen molar-refractivity contribution in [2.45, 2.75) is 52.5 Å². The lowest BCUT2D eigenvalue weighted by Crippen LogP contribution is -2.53. The van der Waals surface area contributed by atoms with Gasteiger partial charge in [-0.05, 0) is 72.4 Å². The maximum Gasteiger partial charge on any atom is 0.289 e. The highest BCUT2D eigenvalue weighted by Gasteiger charge is 2.29. The molecule has 5 nitrogen and oxygen atoms in total. The van der Waals surface area contributed by atoms with E-state index in [9.17, 15) is 4.79 Å². The van der Waals surface area contributed by atoms with Crippen molar-refractivity contribution in [3.05, 3.63) is 82.8 Å². The number of hydrogen-bond donors (Lipinski definition) is 0. The number of rotatable bonds is 5. The van der Waals surface area contributed by atoms with Gasteiger partial charge in [-0.2, -0.15) is 0 Å². The van der Waals surface area contributed by atoms with Gasteiger partial charge in [0.15, 0.2) is 5.76 Å². The van der Waals surface area contributed by atoms with Gasteiger partial charge in [-0.3, -0.25) is 4.79 Å². The van der Waals surface area contributed by atoms with Gasteiger partial charge in [-0.15, -0.1) is 0 Å². The summed E-state index contributed by atoms with van der Waals surface area (Å²) in [6.45, 7) is 13.1. The minimum Gasteiger partial charge on any atom is -0.497 e. The first-order valence-corrected chi connectivity index (χ1v) is 12.0. The molecule has 1 aliphatic heterocycles. The van der Waals surface area contributed by atoms with Crippen LogP contribution in [0.25, 0.3) is 0 Å². The lowest BCUT2D eigenvalue weighted by atomic mass is 9.85. The summed E-state index contributed by atoms with van der Waals surface area (Å²) in [7, 11) is 1.67. The van der Waals surface area contributed by atoms with E-state index in [4.69, 9.17) is 9.15 Å². The van der Waals surface area contributed by atoms with Crippen LogP contribution in [0, 0.1) is 6.92 Å². The molecule has 1 saturated heterocycles. The first kappa shape index (κ1) is 23.9. The van der Waals surface area contributed by atoms with Crippen molar-refractivity contribution in [2.75, 3.05) is 31.6 Å². The van der Waals surface area contributed by atoms with Crippen LogP contribution >= 0.6 is 0 Å². The van der Waals surface area contributed by atoms with E-state index in [2.05, 4.69) is 69.9 Å². The largest absolute Gasteiger partial charge is 0.497 e. The second kappa shape index (κ2) is 9.57. The molecule has 2 aromatic carbocycles. The number of ether oxygens (including phenoxy) is 1. The molecule has 180 valence electrons. The highest BCUT2D eigenvalue weighted by molar-refractivity contribution is 5.91. The SMILES string of the molecule is COc1ccc(N2CCN(C(=O)c3ccc(Cc4cc(C(C)(C)C)ccc4C)o3)CC2C)cc1. The van der Waals surface area contributed by atoms with Crippen molar-refractivity contribution in [3.63, 3.8) is 0 Å². The van der Waals surface area contributed by atoms with E-state index in [0.717, 1.165) is 23.7 Å². The number of aryl methyl sites for hydroxylation is 1. The van der Waals surface area contributed by atoms with Crippen LogP contribution in [0.2, 0.25) is 0 Å². The Morgan fingerprint density at radius 3 is 2.44 bits per heavy atom. The molecule has 3 aromatic rings. The molecule has 1 unspecified atom stereocenters. The van der Waals surface area contributed by atoms with E-state index in [1.54, 1.807) is 7.11 Å². The third kappa shape index (κ3) is 5.14. The Hall–Kier alpha value is -3.21. The van der Waals surface area contributed by atoms with Crippen molar-refractivity contribution < 1.29 is 13.9 Å². The van der Waals surface area contributed by atoms with E-state index in [-0.39, 0.29) is 17.4 Å². The topological polar surface area (TPSA) is 45.9 Å². The van der Waals surface area contributed by atoms with E-state index >= 15 is 0 Å². The van der Waals surface area contributed by atoms with Crippen LogP contribution in [0.4, 0.5) is 5.69 Å². The third-order valence-electron chi connectivity index (χ3n) is 6.77. The lowest BCUT2D eigenvalue weighted by molar-refractivity contribution is 0.0692. The zero-order valence-corrected chi connectivity index (χ0v) is 21.2. The number of piperazine rings is 1.